The molecule has 1 heterocycles. The minimum absolute atomic E-state index is 0.114. The lowest BCUT2D eigenvalue weighted by atomic mass is 10.1. The molecule has 0 saturated carbocycles. The van der Waals surface area contributed by atoms with Gasteiger partial charge in [-0.3, -0.25) is 0 Å². The van der Waals surface area contributed by atoms with Gasteiger partial charge in [-0.2, -0.15) is 13.2 Å². The number of hydrogen-bond donors (Lipinski definition) is 4. The van der Waals surface area contributed by atoms with E-state index in [1.54, 1.807) is 13.2 Å². The van der Waals surface area contributed by atoms with Gasteiger partial charge >= 0.3 is 18.1 Å². The molecular formula is C27H30F3N3O6. The molecule has 0 bridgehead atoms. The molecule has 9 nitrogen and oxygen atoms in total. The second-order valence-corrected chi connectivity index (χ2v) is 8.37. The number of methoxy groups -OCH3 is 1. The van der Waals surface area contributed by atoms with Gasteiger partial charge in [-0.15, -0.1) is 0 Å². The van der Waals surface area contributed by atoms with E-state index in [0.717, 1.165) is 41.6 Å². The van der Waals surface area contributed by atoms with E-state index in [1.807, 2.05) is 18.2 Å². The van der Waals surface area contributed by atoms with Crippen molar-refractivity contribution >= 4 is 28.5 Å². The molecule has 0 aliphatic heterocycles. The Balaban J connectivity index is 0.000000580. The van der Waals surface area contributed by atoms with Crippen molar-refractivity contribution in [3.63, 3.8) is 0 Å². The Morgan fingerprint density at radius 3 is 2.26 bits per heavy atom. The van der Waals surface area contributed by atoms with Crippen LogP contribution in [0.4, 0.5) is 18.9 Å². The second-order valence-electron chi connectivity index (χ2n) is 8.37. The van der Waals surface area contributed by atoms with Crippen LogP contribution in [-0.2, 0) is 22.4 Å². The number of pyridine rings is 1. The first kappa shape index (κ1) is 30.9. The molecule has 1 atom stereocenters. The highest BCUT2D eigenvalue weighted by Crippen LogP contribution is 2.31. The predicted octanol–water partition coefficient (Wildman–Crippen LogP) is 5.09. The standard InChI is InChI=1S/C23H26F3N3O2.C4H4O4/c1-15(4-3-11-27)28-20-13-19(30-2)12-17-7-10-21(29-22(17)20)31-14-16-5-8-18(9-6-16)23(24,25)26;5-3(6)1-2-4(7)8/h5-10,12-13,15,28H,3-4,11,14,27H2,1-2H3;1-2H,(H,5,6)(H,7,8)/b;2-1-. The molecule has 12 heteroatoms. The SMILES string of the molecule is COc1cc(NC(C)CCCN)c2nc(OCc3ccc(C(F)(F)F)cc3)ccc2c1.O=C(O)/C=C\C(=O)O. The summed E-state index contributed by atoms with van der Waals surface area (Å²) in [5, 5.41) is 20.0. The first-order valence-corrected chi connectivity index (χ1v) is 11.8. The van der Waals surface area contributed by atoms with Crippen molar-refractivity contribution in [1.82, 2.24) is 4.98 Å². The quantitative estimate of drug-likeness (QED) is 0.240. The second kappa shape index (κ2) is 14.6. The van der Waals surface area contributed by atoms with Crippen molar-refractivity contribution in [2.24, 2.45) is 5.73 Å². The Morgan fingerprint density at radius 1 is 1.08 bits per heavy atom. The summed E-state index contributed by atoms with van der Waals surface area (Å²) >= 11 is 0. The van der Waals surface area contributed by atoms with Crippen LogP contribution in [0.3, 0.4) is 0 Å². The molecule has 1 unspecified atom stereocenters. The van der Waals surface area contributed by atoms with Crippen LogP contribution in [0.5, 0.6) is 11.6 Å². The number of aliphatic carboxylic acids is 2. The summed E-state index contributed by atoms with van der Waals surface area (Å²) < 4.78 is 49.3. The van der Waals surface area contributed by atoms with Crippen LogP contribution in [0, 0.1) is 0 Å². The minimum atomic E-state index is -4.36. The topological polar surface area (TPSA) is 144 Å². The van der Waals surface area contributed by atoms with Crippen LogP contribution in [0.2, 0.25) is 0 Å². The van der Waals surface area contributed by atoms with E-state index in [0.29, 0.717) is 35.9 Å². The molecule has 2 aromatic carbocycles. The van der Waals surface area contributed by atoms with Crippen molar-refractivity contribution in [2.75, 3.05) is 19.0 Å². The summed E-state index contributed by atoms with van der Waals surface area (Å²) in [6.07, 6.45) is -1.42. The maximum absolute atomic E-state index is 12.7. The Morgan fingerprint density at radius 2 is 1.72 bits per heavy atom. The number of halogens is 3. The number of nitrogens with one attached hydrogen (secondary N) is 1. The number of anilines is 1. The fraction of sp³-hybridized carbons (Fsp3) is 0.296. The largest absolute Gasteiger partial charge is 0.497 e. The molecular weight excluding hydrogens is 519 g/mol. The lowest BCUT2D eigenvalue weighted by Crippen LogP contribution is -2.17. The van der Waals surface area contributed by atoms with Crippen LogP contribution < -0.4 is 20.5 Å². The minimum Gasteiger partial charge on any atom is -0.497 e. The zero-order valence-corrected chi connectivity index (χ0v) is 21.4. The molecule has 0 fully saturated rings. The molecule has 0 spiro atoms. The van der Waals surface area contributed by atoms with Gasteiger partial charge in [0, 0.05) is 35.7 Å². The third-order valence-corrected chi connectivity index (χ3v) is 5.26. The third kappa shape index (κ3) is 10.5. The zero-order valence-electron chi connectivity index (χ0n) is 21.4. The molecule has 3 rings (SSSR count). The number of hydrogen-bond acceptors (Lipinski definition) is 7. The number of rotatable bonds is 11. The highest BCUT2D eigenvalue weighted by Gasteiger charge is 2.29. The highest BCUT2D eigenvalue weighted by molar-refractivity contribution is 5.92. The van der Waals surface area contributed by atoms with Gasteiger partial charge in [-0.05, 0) is 56.1 Å². The summed E-state index contributed by atoms with van der Waals surface area (Å²) in [6, 6.07) is 12.5. The fourth-order valence-corrected chi connectivity index (χ4v) is 3.35. The average Bonchev–Trinajstić information content (AvgIpc) is 2.89. The third-order valence-electron chi connectivity index (χ3n) is 5.26. The van der Waals surface area contributed by atoms with E-state index < -0.39 is 23.7 Å². The smallest absolute Gasteiger partial charge is 0.416 e. The number of benzene rings is 2. The van der Waals surface area contributed by atoms with Crippen LogP contribution in [-0.4, -0.2) is 46.8 Å². The van der Waals surface area contributed by atoms with Gasteiger partial charge in [0.05, 0.1) is 23.9 Å². The summed E-state index contributed by atoms with van der Waals surface area (Å²) in [4.78, 5) is 23.7. The molecule has 0 aliphatic carbocycles. The maximum atomic E-state index is 12.7. The summed E-state index contributed by atoms with van der Waals surface area (Å²) in [6.45, 7) is 2.82. The van der Waals surface area contributed by atoms with E-state index >= 15 is 0 Å². The lowest BCUT2D eigenvalue weighted by molar-refractivity contribution is -0.137. The first-order valence-electron chi connectivity index (χ1n) is 11.8. The number of carbonyl (C=O) groups is 2. The van der Waals surface area contributed by atoms with E-state index in [2.05, 4.69) is 17.2 Å². The Labute approximate surface area is 223 Å². The van der Waals surface area contributed by atoms with E-state index in [1.165, 1.54) is 12.1 Å². The molecule has 0 aliphatic rings. The number of alkyl halides is 3. The normalized spacial score (nSPS) is 11.9. The fourth-order valence-electron chi connectivity index (χ4n) is 3.35. The molecule has 0 saturated heterocycles. The van der Waals surface area contributed by atoms with Gasteiger partial charge in [-0.1, -0.05) is 12.1 Å². The summed E-state index contributed by atoms with van der Waals surface area (Å²) in [5.41, 5.74) is 7.09. The van der Waals surface area contributed by atoms with E-state index in [-0.39, 0.29) is 12.6 Å². The number of ether oxygens (including phenoxy) is 2. The van der Waals surface area contributed by atoms with Gasteiger partial charge in [0.2, 0.25) is 5.88 Å². The van der Waals surface area contributed by atoms with E-state index in [4.69, 9.17) is 25.4 Å². The Kier molecular flexibility index (Phi) is 11.5. The number of fused-ring (bicyclic) bond motifs is 1. The van der Waals surface area contributed by atoms with Crippen molar-refractivity contribution in [3.8, 4) is 11.6 Å². The number of carboxylic acids is 2. The van der Waals surface area contributed by atoms with Crippen LogP contribution >= 0.6 is 0 Å². The van der Waals surface area contributed by atoms with Crippen molar-refractivity contribution in [1.29, 1.82) is 0 Å². The molecule has 39 heavy (non-hydrogen) atoms. The molecule has 3 aromatic rings. The van der Waals surface area contributed by atoms with Gasteiger partial charge in [0.25, 0.3) is 0 Å². The molecule has 210 valence electrons. The number of nitrogens with zero attached hydrogens (tertiary/aromatic N) is 1. The Bertz CT molecular complexity index is 1260. The number of aromatic nitrogens is 1. The van der Waals surface area contributed by atoms with Crippen LogP contribution in [0.25, 0.3) is 10.9 Å². The maximum Gasteiger partial charge on any atom is 0.416 e. The Hall–Kier alpha value is -4.32. The molecule has 0 radical (unpaired) electrons. The lowest BCUT2D eigenvalue weighted by Gasteiger charge is -2.17. The molecule has 1 aromatic heterocycles. The van der Waals surface area contributed by atoms with Crippen LogP contribution in [0.15, 0.2) is 60.7 Å². The van der Waals surface area contributed by atoms with Crippen molar-refractivity contribution < 1.29 is 42.4 Å². The number of carboxylic acid groups (broad SMARTS) is 2. The molecule has 5 N–H and O–H groups in total. The first-order chi connectivity index (χ1) is 18.4. The summed E-state index contributed by atoms with van der Waals surface area (Å²) in [5.74, 6) is -1.42. The van der Waals surface area contributed by atoms with Gasteiger partial charge in [0.1, 0.15) is 12.4 Å². The van der Waals surface area contributed by atoms with Gasteiger partial charge in [-0.25, -0.2) is 14.6 Å². The average molecular weight is 550 g/mol. The van der Waals surface area contributed by atoms with Crippen molar-refractivity contribution in [3.05, 3.63) is 71.8 Å². The van der Waals surface area contributed by atoms with Crippen LogP contribution in [0.1, 0.15) is 30.9 Å². The highest BCUT2D eigenvalue weighted by atomic mass is 19.4. The van der Waals surface area contributed by atoms with Crippen molar-refractivity contribution in [2.45, 2.75) is 38.6 Å². The number of nitrogens with two attached hydrogens (primary N) is 1. The van der Waals surface area contributed by atoms with Gasteiger partial charge in [0.15, 0.2) is 0 Å². The van der Waals surface area contributed by atoms with Gasteiger partial charge < -0.3 is 30.7 Å². The van der Waals surface area contributed by atoms with E-state index in [9.17, 15) is 22.8 Å². The zero-order chi connectivity index (χ0) is 29.0. The predicted molar refractivity (Wildman–Crippen MR) is 140 cm³/mol. The molecule has 0 amide bonds. The monoisotopic (exact) mass is 549 g/mol. The summed E-state index contributed by atoms with van der Waals surface area (Å²) in [7, 11) is 1.61.